The van der Waals surface area contributed by atoms with Gasteiger partial charge in [0.05, 0.1) is 0 Å². The summed E-state index contributed by atoms with van der Waals surface area (Å²) in [6.45, 7) is 3.89. The lowest BCUT2D eigenvalue weighted by Crippen LogP contribution is -2.37. The Morgan fingerprint density at radius 2 is 2.05 bits per heavy atom. The Labute approximate surface area is 123 Å². The van der Waals surface area contributed by atoms with Crippen LogP contribution in [0.15, 0.2) is 23.2 Å². The topological polar surface area (TPSA) is 50.3 Å². The number of anilines is 1. The summed E-state index contributed by atoms with van der Waals surface area (Å²) in [5, 5.41) is 0. The van der Waals surface area contributed by atoms with Crippen LogP contribution in [0.1, 0.15) is 19.8 Å². The van der Waals surface area contributed by atoms with E-state index in [9.17, 15) is 8.42 Å². The Hall–Kier alpha value is -0.620. The van der Waals surface area contributed by atoms with Crippen molar-refractivity contribution >= 4 is 31.6 Å². The number of alkyl halides is 1. The highest BCUT2D eigenvalue weighted by Crippen LogP contribution is 2.30. The highest BCUT2D eigenvalue weighted by Gasteiger charge is 2.26. The highest BCUT2D eigenvalue weighted by molar-refractivity contribution is 9.09. The summed E-state index contributed by atoms with van der Waals surface area (Å²) in [4.78, 5) is 7.20. The van der Waals surface area contributed by atoms with Crippen molar-refractivity contribution in [3.8, 4) is 0 Å². The molecule has 0 aliphatic carbocycles. The Bertz CT molecular complexity index is 537. The normalized spacial score (nSPS) is 19.4. The maximum absolute atomic E-state index is 11.8. The van der Waals surface area contributed by atoms with Crippen molar-refractivity contribution in [3.05, 3.63) is 18.3 Å². The highest BCUT2D eigenvalue weighted by atomic mass is 79.9. The van der Waals surface area contributed by atoms with Crippen molar-refractivity contribution in [3.63, 3.8) is 0 Å². The molecular weight excluding hydrogens is 328 g/mol. The summed E-state index contributed by atoms with van der Waals surface area (Å²) in [7, 11) is -3.23. The van der Waals surface area contributed by atoms with Crippen LogP contribution >= 0.6 is 15.9 Å². The number of sulfone groups is 1. The first-order valence-corrected chi connectivity index (χ1v) is 9.24. The molecule has 4 nitrogen and oxygen atoms in total. The van der Waals surface area contributed by atoms with Crippen LogP contribution in [-0.4, -0.2) is 37.6 Å². The average Bonchev–Trinajstić information content (AvgIpc) is 2.38. The van der Waals surface area contributed by atoms with Crippen LogP contribution < -0.4 is 4.90 Å². The van der Waals surface area contributed by atoms with E-state index in [1.54, 1.807) is 18.3 Å². The number of hydrogen-bond acceptors (Lipinski definition) is 4. The fraction of sp³-hybridized carbons (Fsp3) is 0.615. The fourth-order valence-corrected chi connectivity index (χ4v) is 3.85. The lowest BCUT2D eigenvalue weighted by atomic mass is 9.94. The van der Waals surface area contributed by atoms with Crippen LogP contribution in [0.3, 0.4) is 0 Å². The molecule has 0 aromatic carbocycles. The first-order valence-electron chi connectivity index (χ1n) is 6.43. The third kappa shape index (κ3) is 3.48. The van der Waals surface area contributed by atoms with Crippen molar-refractivity contribution in [2.24, 2.45) is 5.92 Å². The molecule has 19 heavy (non-hydrogen) atoms. The Kier molecular flexibility index (Phi) is 4.50. The zero-order valence-electron chi connectivity index (χ0n) is 11.2. The molecule has 106 valence electrons. The van der Waals surface area contributed by atoms with Gasteiger partial charge in [-0.25, -0.2) is 13.4 Å². The molecule has 0 N–H and O–H groups in total. The van der Waals surface area contributed by atoms with Gasteiger partial charge in [-0.05, 0) is 30.9 Å². The van der Waals surface area contributed by atoms with Crippen molar-refractivity contribution in [1.29, 1.82) is 0 Å². The molecule has 1 aromatic heterocycles. The minimum atomic E-state index is -3.23. The smallest absolute Gasteiger partial charge is 0.179 e. The lowest BCUT2D eigenvalue weighted by molar-refractivity contribution is 0.404. The zero-order valence-corrected chi connectivity index (χ0v) is 13.6. The third-order valence-corrected chi connectivity index (χ3v) is 5.50. The number of pyridine rings is 1. The summed E-state index contributed by atoms with van der Waals surface area (Å²) < 4.78 is 23.6. The molecule has 0 saturated carbocycles. The summed E-state index contributed by atoms with van der Waals surface area (Å²) in [5.74, 6) is 1.26. The second kappa shape index (κ2) is 5.79. The average molecular weight is 347 g/mol. The van der Waals surface area contributed by atoms with E-state index >= 15 is 0 Å². The van der Waals surface area contributed by atoms with Gasteiger partial charge in [-0.2, -0.15) is 0 Å². The predicted octanol–water partition coefficient (Wildman–Crippen LogP) is 2.48. The Morgan fingerprint density at radius 1 is 1.42 bits per heavy atom. The molecule has 0 radical (unpaired) electrons. The first kappa shape index (κ1) is 14.8. The van der Waals surface area contributed by atoms with Crippen molar-refractivity contribution in [2.45, 2.75) is 29.5 Å². The third-order valence-electron chi connectivity index (χ3n) is 3.64. The summed E-state index contributed by atoms with van der Waals surface area (Å²) >= 11 is 3.63. The van der Waals surface area contributed by atoms with Gasteiger partial charge >= 0.3 is 0 Å². The zero-order chi connectivity index (χ0) is 14.0. The van der Waals surface area contributed by atoms with Gasteiger partial charge < -0.3 is 4.90 Å². The molecule has 2 rings (SSSR count). The molecule has 2 heterocycles. The van der Waals surface area contributed by atoms with Crippen molar-refractivity contribution in [1.82, 2.24) is 4.98 Å². The number of halogens is 1. The number of piperidine rings is 1. The molecule has 0 amide bonds. The molecule has 1 aliphatic rings. The van der Waals surface area contributed by atoms with Crippen LogP contribution in [-0.2, 0) is 9.84 Å². The summed E-state index contributed by atoms with van der Waals surface area (Å²) in [6.07, 6.45) is 5.02. The molecule has 0 spiro atoms. The SMILES string of the molecule is CC(Br)C1CCN(c2ncccc2S(C)(=O)=O)CC1. The quantitative estimate of drug-likeness (QED) is 0.789. The van der Waals surface area contributed by atoms with Crippen molar-refractivity contribution in [2.75, 3.05) is 24.2 Å². The molecule has 6 heteroatoms. The van der Waals surface area contributed by atoms with E-state index < -0.39 is 9.84 Å². The molecule has 1 saturated heterocycles. The molecular formula is C13H19BrN2O2S. The van der Waals surface area contributed by atoms with Gasteiger partial charge in [-0.1, -0.05) is 22.9 Å². The largest absolute Gasteiger partial charge is 0.356 e. The summed E-state index contributed by atoms with van der Waals surface area (Å²) in [5.41, 5.74) is 0. The van der Waals surface area contributed by atoms with E-state index in [1.165, 1.54) is 6.26 Å². The van der Waals surface area contributed by atoms with Crippen LogP contribution in [0.5, 0.6) is 0 Å². The van der Waals surface area contributed by atoms with E-state index in [1.807, 2.05) is 0 Å². The van der Waals surface area contributed by atoms with E-state index in [4.69, 9.17) is 0 Å². The standard InChI is InChI=1S/C13H19BrN2O2S/c1-10(14)11-5-8-16(9-6-11)13-12(19(2,17)18)4-3-7-15-13/h3-4,7,10-11H,5-6,8-9H2,1-2H3. The number of nitrogens with zero attached hydrogens (tertiary/aromatic N) is 2. The second-order valence-corrected chi connectivity index (χ2v) is 8.53. The Morgan fingerprint density at radius 3 is 2.58 bits per heavy atom. The number of rotatable bonds is 3. The number of aromatic nitrogens is 1. The molecule has 1 aliphatic heterocycles. The minimum Gasteiger partial charge on any atom is -0.356 e. The van der Waals surface area contributed by atoms with E-state index in [0.717, 1.165) is 25.9 Å². The molecule has 1 atom stereocenters. The van der Waals surface area contributed by atoms with Crippen LogP contribution in [0.25, 0.3) is 0 Å². The maximum Gasteiger partial charge on any atom is 0.179 e. The van der Waals surface area contributed by atoms with Gasteiger partial charge in [0, 0.05) is 30.4 Å². The van der Waals surface area contributed by atoms with Gasteiger partial charge in [0.1, 0.15) is 10.7 Å². The first-order chi connectivity index (χ1) is 8.89. The summed E-state index contributed by atoms with van der Waals surface area (Å²) in [6, 6.07) is 3.31. The van der Waals surface area contributed by atoms with E-state index in [2.05, 4.69) is 32.7 Å². The van der Waals surface area contributed by atoms with Gasteiger partial charge in [-0.3, -0.25) is 0 Å². The Balaban J connectivity index is 2.21. The van der Waals surface area contributed by atoms with Crippen molar-refractivity contribution < 1.29 is 8.42 Å². The van der Waals surface area contributed by atoms with Gasteiger partial charge in [0.15, 0.2) is 9.84 Å². The van der Waals surface area contributed by atoms with Gasteiger partial charge in [0.2, 0.25) is 0 Å². The van der Waals surface area contributed by atoms with Crippen LogP contribution in [0, 0.1) is 5.92 Å². The predicted molar refractivity (Wildman–Crippen MR) is 80.7 cm³/mol. The lowest BCUT2D eigenvalue weighted by Gasteiger charge is -2.34. The molecule has 0 bridgehead atoms. The molecule has 1 unspecified atom stereocenters. The van der Waals surface area contributed by atoms with E-state index in [-0.39, 0.29) is 0 Å². The monoisotopic (exact) mass is 346 g/mol. The van der Waals surface area contributed by atoms with E-state index in [0.29, 0.717) is 21.5 Å². The molecule has 1 fully saturated rings. The minimum absolute atomic E-state index is 0.334. The maximum atomic E-state index is 11.8. The van der Waals surface area contributed by atoms with Crippen LogP contribution in [0.4, 0.5) is 5.82 Å². The van der Waals surface area contributed by atoms with Crippen LogP contribution in [0.2, 0.25) is 0 Å². The van der Waals surface area contributed by atoms with Gasteiger partial charge in [0.25, 0.3) is 0 Å². The second-order valence-electron chi connectivity index (χ2n) is 5.10. The number of hydrogen-bond donors (Lipinski definition) is 0. The fourth-order valence-electron chi connectivity index (χ4n) is 2.48. The van der Waals surface area contributed by atoms with Gasteiger partial charge in [-0.15, -0.1) is 0 Å². The molecule has 1 aromatic rings.